The molecule has 11 heteroatoms. The van der Waals surface area contributed by atoms with Crippen LogP contribution < -0.4 is 15.4 Å². The summed E-state index contributed by atoms with van der Waals surface area (Å²) in [6, 6.07) is 3.80. The summed E-state index contributed by atoms with van der Waals surface area (Å²) in [5.41, 5.74) is -0.793. The normalized spacial score (nSPS) is 19.4. The number of amides is 4. The Labute approximate surface area is 188 Å². The zero-order chi connectivity index (χ0) is 23.5. The summed E-state index contributed by atoms with van der Waals surface area (Å²) < 4.78 is 32.9. The van der Waals surface area contributed by atoms with Crippen molar-refractivity contribution in [1.29, 1.82) is 0 Å². The average molecular weight is 467 g/mol. The van der Waals surface area contributed by atoms with E-state index in [2.05, 4.69) is 10.6 Å². The average Bonchev–Trinajstić information content (AvgIpc) is 2.94. The topological polar surface area (TPSA) is 125 Å². The Kier molecular flexibility index (Phi) is 7.09. The zero-order valence-electron chi connectivity index (χ0n) is 18.6. The summed E-state index contributed by atoms with van der Waals surface area (Å²) in [4.78, 5) is 37.8. The molecule has 2 N–H and O–H groups in total. The lowest BCUT2D eigenvalue weighted by Gasteiger charge is -2.21. The molecule has 32 heavy (non-hydrogen) atoms. The Hall–Kier alpha value is -2.66. The van der Waals surface area contributed by atoms with Gasteiger partial charge in [0.05, 0.1) is 17.7 Å². The Morgan fingerprint density at radius 2 is 1.81 bits per heavy atom. The van der Waals surface area contributed by atoms with Crippen LogP contribution in [0.15, 0.2) is 23.1 Å². The predicted octanol–water partition coefficient (Wildman–Crippen LogP) is 1.92. The highest BCUT2D eigenvalue weighted by molar-refractivity contribution is 7.89. The maximum Gasteiger partial charge on any atom is 0.325 e. The first-order valence-corrected chi connectivity index (χ1v) is 12.1. The smallest absolute Gasteiger partial charge is 0.325 e. The highest BCUT2D eigenvalue weighted by Crippen LogP contribution is 2.30. The first kappa shape index (κ1) is 24.0. The van der Waals surface area contributed by atoms with Crippen LogP contribution >= 0.6 is 0 Å². The molecule has 0 atom stereocenters. The number of carbonyl (C=O) groups is 3. The summed E-state index contributed by atoms with van der Waals surface area (Å²) in [7, 11) is -2.28. The van der Waals surface area contributed by atoms with Crippen LogP contribution in [-0.2, 0) is 19.6 Å². The van der Waals surface area contributed by atoms with Gasteiger partial charge in [-0.25, -0.2) is 13.2 Å². The molecule has 0 aromatic heterocycles. The second-order valence-electron chi connectivity index (χ2n) is 8.49. The number of anilines is 1. The van der Waals surface area contributed by atoms with Crippen molar-refractivity contribution in [2.45, 2.75) is 56.4 Å². The molecule has 4 amide bonds. The number of methoxy groups -OCH3 is 1. The molecule has 1 aromatic carbocycles. The monoisotopic (exact) mass is 466 g/mol. The second kappa shape index (κ2) is 9.45. The zero-order valence-corrected chi connectivity index (χ0v) is 19.5. The fourth-order valence-electron chi connectivity index (χ4n) is 3.82. The minimum atomic E-state index is -3.70. The van der Waals surface area contributed by atoms with E-state index in [9.17, 15) is 22.8 Å². The summed E-state index contributed by atoms with van der Waals surface area (Å²) >= 11 is 0. The largest absolute Gasteiger partial charge is 0.495 e. The summed E-state index contributed by atoms with van der Waals surface area (Å²) in [5, 5.41) is 5.21. The van der Waals surface area contributed by atoms with Gasteiger partial charge in [-0.3, -0.25) is 14.5 Å². The van der Waals surface area contributed by atoms with Gasteiger partial charge < -0.3 is 15.4 Å². The quantitative estimate of drug-likeness (QED) is 0.592. The SMILES string of the molecule is COc1ccc(S(=O)(=O)N2CCCCCC2)cc1NC(=O)CCN1C(=O)NC(C)(C)C1=O. The standard InChI is InChI=1S/C21H30N4O6S/c1-21(2)19(27)25(20(28)23-21)13-10-18(26)22-16-14-15(8-9-17(16)31-3)32(29,30)24-11-6-4-5-7-12-24/h8-9,14H,4-7,10-13H2,1-3H3,(H,22,26)(H,23,28). The third-order valence-corrected chi connectivity index (χ3v) is 7.55. The lowest BCUT2D eigenvalue weighted by Crippen LogP contribution is -2.40. The molecule has 2 heterocycles. The molecule has 0 aliphatic carbocycles. The molecule has 0 spiro atoms. The van der Waals surface area contributed by atoms with Crippen LogP contribution in [0.4, 0.5) is 10.5 Å². The van der Waals surface area contributed by atoms with Crippen molar-refractivity contribution < 1.29 is 27.5 Å². The number of carbonyl (C=O) groups excluding carboxylic acids is 3. The molecule has 176 valence electrons. The molecule has 3 rings (SSSR count). The number of hydrogen-bond acceptors (Lipinski definition) is 6. The molecular formula is C21H30N4O6S. The Morgan fingerprint density at radius 3 is 2.38 bits per heavy atom. The number of benzene rings is 1. The summed E-state index contributed by atoms with van der Waals surface area (Å²) in [6.45, 7) is 4.04. The molecular weight excluding hydrogens is 436 g/mol. The van der Waals surface area contributed by atoms with Crippen LogP contribution in [0.1, 0.15) is 46.0 Å². The summed E-state index contributed by atoms with van der Waals surface area (Å²) in [6.07, 6.45) is 3.51. The number of urea groups is 1. The van der Waals surface area contributed by atoms with Gasteiger partial charge in [-0.05, 0) is 44.9 Å². The minimum absolute atomic E-state index is 0.0753. The third kappa shape index (κ3) is 5.04. The first-order chi connectivity index (χ1) is 15.1. The van der Waals surface area contributed by atoms with E-state index < -0.39 is 33.4 Å². The Bertz CT molecular complexity index is 1000. The second-order valence-corrected chi connectivity index (χ2v) is 10.4. The first-order valence-electron chi connectivity index (χ1n) is 10.7. The van der Waals surface area contributed by atoms with Crippen LogP contribution in [-0.4, -0.2) is 67.8 Å². The van der Waals surface area contributed by atoms with E-state index in [4.69, 9.17) is 4.74 Å². The van der Waals surface area contributed by atoms with E-state index in [1.807, 2.05) is 0 Å². The number of hydrogen-bond donors (Lipinski definition) is 2. The van der Waals surface area contributed by atoms with E-state index in [0.717, 1.165) is 30.6 Å². The fraction of sp³-hybridized carbons (Fsp3) is 0.571. The highest BCUT2D eigenvalue weighted by Gasteiger charge is 2.44. The fourth-order valence-corrected chi connectivity index (χ4v) is 5.37. The predicted molar refractivity (Wildman–Crippen MR) is 118 cm³/mol. The van der Waals surface area contributed by atoms with E-state index in [0.29, 0.717) is 18.8 Å². The van der Waals surface area contributed by atoms with Crippen molar-refractivity contribution in [3.8, 4) is 5.75 Å². The van der Waals surface area contributed by atoms with Gasteiger partial charge in [0, 0.05) is 26.1 Å². The molecule has 2 aliphatic rings. The van der Waals surface area contributed by atoms with E-state index >= 15 is 0 Å². The molecule has 0 radical (unpaired) electrons. The van der Waals surface area contributed by atoms with Gasteiger partial charge in [-0.15, -0.1) is 0 Å². The van der Waals surface area contributed by atoms with Crippen LogP contribution in [0.2, 0.25) is 0 Å². The van der Waals surface area contributed by atoms with Gasteiger partial charge in [-0.2, -0.15) is 4.31 Å². The number of rotatable bonds is 7. The molecule has 0 unspecified atom stereocenters. The maximum absolute atomic E-state index is 13.1. The number of nitrogens with one attached hydrogen (secondary N) is 2. The number of nitrogens with zero attached hydrogens (tertiary/aromatic N) is 2. The molecule has 2 aliphatic heterocycles. The van der Waals surface area contributed by atoms with Crippen molar-refractivity contribution in [2.24, 2.45) is 0 Å². The van der Waals surface area contributed by atoms with Crippen LogP contribution in [0.3, 0.4) is 0 Å². The van der Waals surface area contributed by atoms with Gasteiger partial charge in [0.15, 0.2) is 0 Å². The van der Waals surface area contributed by atoms with Gasteiger partial charge in [-0.1, -0.05) is 12.8 Å². The van der Waals surface area contributed by atoms with E-state index in [-0.39, 0.29) is 23.5 Å². The molecule has 2 saturated heterocycles. The van der Waals surface area contributed by atoms with Crippen molar-refractivity contribution in [3.05, 3.63) is 18.2 Å². The van der Waals surface area contributed by atoms with Crippen molar-refractivity contribution in [2.75, 3.05) is 32.1 Å². The van der Waals surface area contributed by atoms with Crippen LogP contribution in [0.5, 0.6) is 5.75 Å². The number of ether oxygens (including phenoxy) is 1. The van der Waals surface area contributed by atoms with Crippen molar-refractivity contribution in [3.63, 3.8) is 0 Å². The van der Waals surface area contributed by atoms with E-state index in [1.54, 1.807) is 13.8 Å². The lowest BCUT2D eigenvalue weighted by atomic mass is 10.1. The van der Waals surface area contributed by atoms with Crippen molar-refractivity contribution in [1.82, 2.24) is 14.5 Å². The number of imide groups is 1. The lowest BCUT2D eigenvalue weighted by molar-refractivity contribution is -0.130. The van der Waals surface area contributed by atoms with E-state index in [1.165, 1.54) is 29.6 Å². The molecule has 1 aromatic rings. The van der Waals surface area contributed by atoms with Gasteiger partial charge in [0.25, 0.3) is 5.91 Å². The van der Waals surface area contributed by atoms with Crippen LogP contribution in [0, 0.1) is 0 Å². The van der Waals surface area contributed by atoms with Crippen LogP contribution in [0.25, 0.3) is 0 Å². The molecule has 0 bridgehead atoms. The van der Waals surface area contributed by atoms with Gasteiger partial charge in [0.2, 0.25) is 15.9 Å². The maximum atomic E-state index is 13.1. The Balaban J connectivity index is 1.72. The molecule has 0 saturated carbocycles. The number of sulfonamides is 1. The Morgan fingerprint density at radius 1 is 1.16 bits per heavy atom. The minimum Gasteiger partial charge on any atom is -0.495 e. The highest BCUT2D eigenvalue weighted by atomic mass is 32.2. The molecule has 10 nitrogen and oxygen atoms in total. The van der Waals surface area contributed by atoms with Gasteiger partial charge in [0.1, 0.15) is 11.3 Å². The van der Waals surface area contributed by atoms with Gasteiger partial charge >= 0.3 is 6.03 Å². The third-order valence-electron chi connectivity index (χ3n) is 5.65. The summed E-state index contributed by atoms with van der Waals surface area (Å²) in [5.74, 6) is -0.569. The molecule has 2 fully saturated rings. The van der Waals surface area contributed by atoms with Crippen molar-refractivity contribution >= 4 is 33.6 Å².